The second kappa shape index (κ2) is 4.59. The molecule has 0 bridgehead atoms. The van der Waals surface area contributed by atoms with Crippen LogP contribution < -0.4 is 0 Å². The summed E-state index contributed by atoms with van der Waals surface area (Å²) in [5.41, 5.74) is 1.20. The molecule has 0 radical (unpaired) electrons. The van der Waals surface area contributed by atoms with Gasteiger partial charge in [0.05, 0.1) is 5.41 Å². The highest BCUT2D eigenvalue weighted by atomic mass is 79.9. The quantitative estimate of drug-likeness (QED) is 0.676. The van der Waals surface area contributed by atoms with Gasteiger partial charge in [-0.05, 0) is 52.4 Å². The van der Waals surface area contributed by atoms with Gasteiger partial charge < -0.3 is 4.57 Å². The first-order valence-corrected chi connectivity index (χ1v) is 7.48. The van der Waals surface area contributed by atoms with Crippen molar-refractivity contribution < 1.29 is 0 Å². The van der Waals surface area contributed by atoms with E-state index in [1.165, 1.54) is 5.56 Å². The molecule has 2 heterocycles. The Balaban J connectivity index is 2.13. The highest BCUT2D eigenvalue weighted by Crippen LogP contribution is 2.51. The van der Waals surface area contributed by atoms with Gasteiger partial charge >= 0.3 is 0 Å². The van der Waals surface area contributed by atoms with Gasteiger partial charge in [-0.25, -0.2) is 4.98 Å². The molecule has 1 fully saturated rings. The van der Waals surface area contributed by atoms with Crippen molar-refractivity contribution in [3.8, 4) is 0 Å². The van der Waals surface area contributed by atoms with Crippen LogP contribution in [-0.2, 0) is 12.5 Å². The number of pyridine rings is 1. The first-order chi connectivity index (χ1) is 9.03. The Bertz CT molecular complexity index is 619. The zero-order chi connectivity index (χ0) is 13.6. The molecule has 1 aliphatic carbocycles. The van der Waals surface area contributed by atoms with E-state index in [4.69, 9.17) is 0 Å². The van der Waals surface area contributed by atoms with E-state index in [1.54, 1.807) is 0 Å². The highest BCUT2D eigenvalue weighted by Gasteiger charge is 2.48. The molecule has 0 N–H and O–H groups in total. The summed E-state index contributed by atoms with van der Waals surface area (Å²) in [5.74, 6) is 1.70. The Morgan fingerprint density at radius 3 is 2.68 bits per heavy atom. The summed E-state index contributed by atoms with van der Waals surface area (Å²) in [6.07, 6.45) is 4.01. The summed E-state index contributed by atoms with van der Waals surface area (Å²) in [6.45, 7) is 2.27. The minimum absolute atomic E-state index is 0.0480. The number of thiol groups is 1. The molecule has 2 aromatic rings. The molecule has 100 valence electrons. The summed E-state index contributed by atoms with van der Waals surface area (Å²) in [6, 6.07) is 4.16. The van der Waals surface area contributed by atoms with Crippen LogP contribution in [0.15, 0.2) is 28.1 Å². The number of halogens is 1. The number of hydrogen-bond donors (Lipinski definition) is 1. The molecule has 0 atom stereocenters. The van der Waals surface area contributed by atoms with E-state index in [-0.39, 0.29) is 5.41 Å². The predicted octanol–water partition coefficient (Wildman–Crippen LogP) is 2.98. The van der Waals surface area contributed by atoms with Crippen LogP contribution in [-0.4, -0.2) is 19.7 Å². The Labute approximate surface area is 126 Å². The van der Waals surface area contributed by atoms with E-state index in [9.17, 15) is 0 Å². The molecular weight excluding hydrogens is 324 g/mol. The minimum atomic E-state index is -0.0480. The molecule has 0 unspecified atom stereocenters. The smallest absolute Gasteiger partial charge is 0.187 e. The van der Waals surface area contributed by atoms with Crippen molar-refractivity contribution in [1.29, 1.82) is 0 Å². The van der Waals surface area contributed by atoms with E-state index in [1.807, 2.05) is 17.8 Å². The van der Waals surface area contributed by atoms with E-state index in [2.05, 4.69) is 62.8 Å². The van der Waals surface area contributed by atoms with Crippen molar-refractivity contribution in [3.63, 3.8) is 0 Å². The molecule has 1 saturated carbocycles. The van der Waals surface area contributed by atoms with Crippen molar-refractivity contribution in [2.75, 3.05) is 0 Å². The average Bonchev–Trinajstić information content (AvgIpc) is 2.66. The maximum Gasteiger partial charge on any atom is 0.187 e. The van der Waals surface area contributed by atoms with Gasteiger partial charge in [-0.1, -0.05) is 6.92 Å². The van der Waals surface area contributed by atoms with Gasteiger partial charge in [-0.2, -0.15) is 0 Å². The van der Waals surface area contributed by atoms with Crippen LogP contribution in [0.1, 0.15) is 31.2 Å². The van der Waals surface area contributed by atoms with E-state index in [0.29, 0.717) is 11.1 Å². The largest absolute Gasteiger partial charge is 0.309 e. The van der Waals surface area contributed by atoms with Gasteiger partial charge in [-0.15, -0.1) is 22.8 Å². The summed E-state index contributed by atoms with van der Waals surface area (Å²) in [5, 5.41) is 9.09. The SMILES string of the molecule is CC1CC(c2ccnc(Br)c2)(c2nnc(S)n2C)C1. The van der Waals surface area contributed by atoms with Crippen LogP contribution in [0.5, 0.6) is 0 Å². The Kier molecular flexibility index (Phi) is 3.17. The zero-order valence-corrected chi connectivity index (χ0v) is 13.3. The molecule has 2 aromatic heterocycles. The minimum Gasteiger partial charge on any atom is -0.309 e. The van der Waals surface area contributed by atoms with E-state index < -0.39 is 0 Å². The average molecular weight is 339 g/mol. The topological polar surface area (TPSA) is 43.6 Å². The van der Waals surface area contributed by atoms with Gasteiger partial charge in [0.1, 0.15) is 10.4 Å². The van der Waals surface area contributed by atoms with Crippen molar-refractivity contribution in [3.05, 3.63) is 34.3 Å². The van der Waals surface area contributed by atoms with Gasteiger partial charge in [0.25, 0.3) is 0 Å². The first-order valence-electron chi connectivity index (χ1n) is 6.24. The standard InChI is InChI=1S/C13H15BrN4S/c1-8-6-13(7-8,9-3-4-15-10(14)5-9)11-16-17-12(19)18(11)2/h3-5,8H,6-7H2,1-2H3,(H,17,19). The summed E-state index contributed by atoms with van der Waals surface area (Å²) in [4.78, 5) is 4.21. The van der Waals surface area contributed by atoms with Gasteiger partial charge in [-0.3, -0.25) is 0 Å². The number of aromatic nitrogens is 4. The summed E-state index contributed by atoms with van der Waals surface area (Å²) >= 11 is 7.79. The number of nitrogens with zero attached hydrogens (tertiary/aromatic N) is 4. The molecule has 1 aliphatic rings. The lowest BCUT2D eigenvalue weighted by atomic mass is 9.59. The maximum absolute atomic E-state index is 4.35. The van der Waals surface area contributed by atoms with Crippen LogP contribution in [0.25, 0.3) is 0 Å². The van der Waals surface area contributed by atoms with Crippen LogP contribution in [0.2, 0.25) is 0 Å². The fraction of sp³-hybridized carbons (Fsp3) is 0.462. The van der Waals surface area contributed by atoms with Crippen molar-refractivity contribution in [1.82, 2.24) is 19.7 Å². The Morgan fingerprint density at radius 2 is 2.16 bits per heavy atom. The normalized spacial score (nSPS) is 26.2. The summed E-state index contributed by atoms with van der Waals surface area (Å²) < 4.78 is 2.83. The van der Waals surface area contributed by atoms with E-state index >= 15 is 0 Å². The number of hydrogen-bond acceptors (Lipinski definition) is 4. The molecule has 0 saturated heterocycles. The summed E-state index contributed by atoms with van der Waals surface area (Å²) in [7, 11) is 1.97. The lowest BCUT2D eigenvalue weighted by Crippen LogP contribution is -2.43. The number of rotatable bonds is 2. The third-order valence-corrected chi connectivity index (χ3v) is 4.78. The zero-order valence-electron chi connectivity index (χ0n) is 10.8. The lowest BCUT2D eigenvalue weighted by Gasteiger charge is -2.46. The van der Waals surface area contributed by atoms with Crippen molar-refractivity contribution in [2.24, 2.45) is 13.0 Å². The Hall–Kier alpha value is -0.880. The fourth-order valence-electron chi connectivity index (χ4n) is 3.12. The van der Waals surface area contributed by atoms with E-state index in [0.717, 1.165) is 23.3 Å². The first kappa shape index (κ1) is 13.1. The molecule has 3 rings (SSSR count). The highest BCUT2D eigenvalue weighted by molar-refractivity contribution is 9.10. The van der Waals surface area contributed by atoms with Crippen LogP contribution in [0.3, 0.4) is 0 Å². The molecule has 4 nitrogen and oxygen atoms in total. The van der Waals surface area contributed by atoms with Gasteiger partial charge in [0, 0.05) is 13.2 Å². The third-order valence-electron chi connectivity index (χ3n) is 3.95. The third kappa shape index (κ3) is 2.01. The molecule has 0 aliphatic heterocycles. The van der Waals surface area contributed by atoms with Crippen LogP contribution >= 0.6 is 28.6 Å². The molecule has 0 aromatic carbocycles. The van der Waals surface area contributed by atoms with Gasteiger partial charge in [0.2, 0.25) is 0 Å². The second-order valence-electron chi connectivity index (χ2n) is 5.35. The van der Waals surface area contributed by atoms with Gasteiger partial charge in [0.15, 0.2) is 5.16 Å². The predicted molar refractivity (Wildman–Crippen MR) is 79.4 cm³/mol. The fourth-order valence-corrected chi connectivity index (χ4v) is 3.62. The monoisotopic (exact) mass is 338 g/mol. The molecule has 6 heteroatoms. The Morgan fingerprint density at radius 1 is 1.42 bits per heavy atom. The second-order valence-corrected chi connectivity index (χ2v) is 6.56. The van der Waals surface area contributed by atoms with Crippen molar-refractivity contribution in [2.45, 2.75) is 30.3 Å². The van der Waals surface area contributed by atoms with Crippen LogP contribution in [0, 0.1) is 5.92 Å². The molecular formula is C13H15BrN4S. The maximum atomic E-state index is 4.35. The molecule has 19 heavy (non-hydrogen) atoms. The molecule has 0 spiro atoms. The lowest BCUT2D eigenvalue weighted by molar-refractivity contribution is 0.184. The van der Waals surface area contributed by atoms with Crippen LogP contribution in [0.4, 0.5) is 0 Å². The van der Waals surface area contributed by atoms with Crippen molar-refractivity contribution >= 4 is 28.6 Å². The molecule has 0 amide bonds.